The molecule has 0 unspecified atom stereocenters. The molecule has 3 heteroatoms. The summed E-state index contributed by atoms with van der Waals surface area (Å²) < 4.78 is 1.14. The lowest BCUT2D eigenvalue weighted by molar-refractivity contribution is 1.01. The Morgan fingerprint density at radius 2 is 1.13 bits per heavy atom. The average Bonchev–Trinajstić information content (AvgIpc) is 2.85. The molecule has 0 aliphatic carbocycles. The molecule has 2 radical (unpaired) electrons. The van der Waals surface area contributed by atoms with Gasteiger partial charge in [-0.2, -0.15) is 0 Å². The molecule has 23 heavy (non-hydrogen) atoms. The van der Waals surface area contributed by atoms with E-state index in [9.17, 15) is 0 Å². The van der Waals surface area contributed by atoms with Gasteiger partial charge in [0.2, 0.25) is 6.67 Å². The molecule has 120 valence electrons. The monoisotopic (exact) mass is 370 g/mol. The number of rotatable bonds is 2. The molecule has 0 amide bonds. The first-order valence-electron chi connectivity index (χ1n) is 8.03. The third kappa shape index (κ3) is 3.12. The SMILES string of the molecule is Cc1cc(C)c(N2[C]N(c3c(C)cc(Br)cc3C)CC2)c(C)c1. The van der Waals surface area contributed by atoms with E-state index < -0.39 is 0 Å². The summed E-state index contributed by atoms with van der Waals surface area (Å²) in [6.07, 6.45) is 0. The minimum atomic E-state index is 0.968. The van der Waals surface area contributed by atoms with Gasteiger partial charge in [-0.05, 0) is 69.0 Å². The fraction of sp³-hybridized carbons (Fsp3) is 0.350. The summed E-state index contributed by atoms with van der Waals surface area (Å²) in [4.78, 5) is 4.53. The summed E-state index contributed by atoms with van der Waals surface area (Å²) in [5.41, 5.74) is 9.09. The van der Waals surface area contributed by atoms with Gasteiger partial charge in [-0.25, -0.2) is 0 Å². The Bertz CT molecular complexity index is 642. The van der Waals surface area contributed by atoms with Crippen LogP contribution in [0.15, 0.2) is 28.7 Å². The molecular formula is C20H23BrN2. The zero-order valence-corrected chi connectivity index (χ0v) is 16.1. The van der Waals surface area contributed by atoms with Crippen molar-refractivity contribution in [3.8, 4) is 0 Å². The van der Waals surface area contributed by atoms with Gasteiger partial charge in [-0.3, -0.25) is 0 Å². The standard InChI is InChI=1S/C20H23BrN2/c1-13-8-14(2)19(15(3)9-13)22-6-7-23(12-22)20-16(4)10-18(21)11-17(20)5/h8-11H,6-7H2,1-5H3. The topological polar surface area (TPSA) is 6.48 Å². The predicted octanol–water partition coefficient (Wildman–Crippen LogP) is 5.31. The quantitative estimate of drug-likeness (QED) is 0.706. The highest BCUT2D eigenvalue weighted by atomic mass is 79.9. The van der Waals surface area contributed by atoms with Crippen molar-refractivity contribution in [3.63, 3.8) is 0 Å². The van der Waals surface area contributed by atoms with E-state index in [4.69, 9.17) is 0 Å². The second-order valence-electron chi connectivity index (χ2n) is 6.54. The van der Waals surface area contributed by atoms with Gasteiger partial charge in [-0.15, -0.1) is 0 Å². The van der Waals surface area contributed by atoms with Gasteiger partial charge in [-0.1, -0.05) is 33.6 Å². The van der Waals surface area contributed by atoms with Crippen LogP contribution in [0.25, 0.3) is 0 Å². The minimum absolute atomic E-state index is 0.968. The van der Waals surface area contributed by atoms with E-state index in [0.29, 0.717) is 0 Å². The number of hydrogen-bond donors (Lipinski definition) is 0. The molecule has 0 atom stereocenters. The van der Waals surface area contributed by atoms with Gasteiger partial charge in [0.05, 0.1) is 0 Å². The number of hydrogen-bond acceptors (Lipinski definition) is 2. The van der Waals surface area contributed by atoms with Crippen LogP contribution >= 0.6 is 15.9 Å². The molecule has 2 aromatic carbocycles. The van der Waals surface area contributed by atoms with Crippen LogP contribution in [0.2, 0.25) is 0 Å². The van der Waals surface area contributed by atoms with Crippen LogP contribution in [-0.2, 0) is 0 Å². The Balaban J connectivity index is 1.91. The molecule has 0 saturated carbocycles. The Hall–Kier alpha value is -1.48. The van der Waals surface area contributed by atoms with E-state index in [2.05, 4.69) is 91.3 Å². The Kier molecular flexibility index (Phi) is 4.41. The second-order valence-corrected chi connectivity index (χ2v) is 7.45. The summed E-state index contributed by atoms with van der Waals surface area (Å²) in [7, 11) is 0. The Labute approximate surface area is 148 Å². The largest absolute Gasteiger partial charge is 0.339 e. The van der Waals surface area contributed by atoms with Gasteiger partial charge < -0.3 is 9.80 Å². The zero-order chi connectivity index (χ0) is 16.7. The maximum atomic E-state index is 3.58. The highest BCUT2D eigenvalue weighted by Crippen LogP contribution is 2.35. The molecule has 0 N–H and O–H groups in total. The second kappa shape index (κ2) is 6.20. The summed E-state index contributed by atoms with van der Waals surface area (Å²) in [5.74, 6) is 0. The third-order valence-electron chi connectivity index (χ3n) is 4.42. The first-order chi connectivity index (χ1) is 10.9. The van der Waals surface area contributed by atoms with Crippen molar-refractivity contribution in [2.75, 3.05) is 22.9 Å². The molecule has 3 rings (SSSR count). The van der Waals surface area contributed by atoms with Crippen molar-refractivity contribution >= 4 is 27.3 Å². The van der Waals surface area contributed by atoms with Crippen LogP contribution in [-0.4, -0.2) is 13.1 Å². The molecular weight excluding hydrogens is 348 g/mol. The summed E-state index contributed by atoms with van der Waals surface area (Å²) in [5, 5.41) is 0. The zero-order valence-electron chi connectivity index (χ0n) is 14.5. The van der Waals surface area contributed by atoms with Crippen molar-refractivity contribution in [1.29, 1.82) is 0 Å². The van der Waals surface area contributed by atoms with Crippen LogP contribution < -0.4 is 9.80 Å². The first kappa shape index (κ1) is 16.4. The first-order valence-corrected chi connectivity index (χ1v) is 8.82. The molecule has 0 bridgehead atoms. The van der Waals surface area contributed by atoms with E-state index in [0.717, 1.165) is 17.6 Å². The van der Waals surface area contributed by atoms with Gasteiger partial charge >= 0.3 is 0 Å². The molecule has 2 aromatic rings. The van der Waals surface area contributed by atoms with Crippen molar-refractivity contribution < 1.29 is 0 Å². The lowest BCUT2D eigenvalue weighted by Gasteiger charge is -2.24. The minimum Gasteiger partial charge on any atom is -0.339 e. The van der Waals surface area contributed by atoms with Crippen LogP contribution in [0, 0.1) is 41.3 Å². The fourth-order valence-corrected chi connectivity index (χ4v) is 4.38. The molecule has 1 fully saturated rings. The Morgan fingerprint density at radius 1 is 0.739 bits per heavy atom. The van der Waals surface area contributed by atoms with Crippen LogP contribution in [0.4, 0.5) is 11.4 Å². The highest BCUT2D eigenvalue weighted by Gasteiger charge is 2.26. The lowest BCUT2D eigenvalue weighted by Crippen LogP contribution is -2.21. The Morgan fingerprint density at radius 3 is 1.57 bits per heavy atom. The molecule has 1 heterocycles. The van der Waals surface area contributed by atoms with Crippen LogP contribution in [0.1, 0.15) is 27.8 Å². The number of nitrogens with zero attached hydrogens (tertiary/aromatic N) is 2. The average molecular weight is 371 g/mol. The normalized spacial score (nSPS) is 14.7. The van der Waals surface area contributed by atoms with Gasteiger partial charge in [0.15, 0.2) is 0 Å². The fourth-order valence-electron chi connectivity index (χ4n) is 3.70. The molecule has 1 aliphatic heterocycles. The van der Waals surface area contributed by atoms with Crippen LogP contribution in [0.5, 0.6) is 0 Å². The van der Waals surface area contributed by atoms with Gasteiger partial charge in [0.25, 0.3) is 0 Å². The highest BCUT2D eigenvalue weighted by molar-refractivity contribution is 9.10. The maximum Gasteiger partial charge on any atom is 0.208 e. The van der Waals surface area contributed by atoms with Crippen molar-refractivity contribution in [2.24, 2.45) is 0 Å². The predicted molar refractivity (Wildman–Crippen MR) is 102 cm³/mol. The van der Waals surface area contributed by atoms with E-state index in [1.807, 2.05) is 0 Å². The van der Waals surface area contributed by atoms with E-state index >= 15 is 0 Å². The summed E-state index contributed by atoms with van der Waals surface area (Å²) in [6, 6.07) is 8.86. The molecule has 0 spiro atoms. The smallest absolute Gasteiger partial charge is 0.208 e. The maximum absolute atomic E-state index is 3.58. The number of halogens is 1. The van der Waals surface area contributed by atoms with E-state index in [-0.39, 0.29) is 0 Å². The number of aryl methyl sites for hydroxylation is 5. The third-order valence-corrected chi connectivity index (χ3v) is 4.88. The van der Waals surface area contributed by atoms with Crippen molar-refractivity contribution in [3.05, 3.63) is 63.2 Å². The van der Waals surface area contributed by atoms with Gasteiger partial charge in [0, 0.05) is 28.9 Å². The van der Waals surface area contributed by atoms with Crippen LogP contribution in [0.3, 0.4) is 0 Å². The lowest BCUT2D eigenvalue weighted by atomic mass is 10.0. The summed E-state index contributed by atoms with van der Waals surface area (Å²) >= 11 is 3.58. The molecule has 1 saturated heterocycles. The molecule has 0 aromatic heterocycles. The van der Waals surface area contributed by atoms with Crippen molar-refractivity contribution in [1.82, 2.24) is 0 Å². The van der Waals surface area contributed by atoms with Crippen molar-refractivity contribution in [2.45, 2.75) is 34.6 Å². The summed E-state index contributed by atoms with van der Waals surface area (Å²) in [6.45, 7) is 16.4. The molecule has 1 aliphatic rings. The molecule has 2 nitrogen and oxygen atoms in total. The number of benzene rings is 2. The van der Waals surface area contributed by atoms with E-state index in [1.165, 1.54) is 39.2 Å². The number of anilines is 2. The van der Waals surface area contributed by atoms with Gasteiger partial charge in [0.1, 0.15) is 0 Å². The van der Waals surface area contributed by atoms with E-state index in [1.54, 1.807) is 0 Å².